The molecule has 1 aromatic carbocycles. The van der Waals surface area contributed by atoms with Crippen LogP contribution in [0.3, 0.4) is 0 Å². The first-order valence-corrected chi connectivity index (χ1v) is 7.82. The average Bonchev–Trinajstić information content (AvgIpc) is 2.92. The number of rotatable bonds is 7. The Labute approximate surface area is 127 Å². The number of aryl methyl sites for hydroxylation is 1. The number of nitrogens with one attached hydrogen (secondary N) is 1. The molecule has 2 nitrogen and oxygen atoms in total. The molecule has 114 valence electrons. The van der Waals surface area contributed by atoms with E-state index in [0.29, 0.717) is 0 Å². The molecule has 0 bridgehead atoms. The predicted octanol–water partition coefficient (Wildman–Crippen LogP) is 4.76. The second kappa shape index (κ2) is 7.52. The fourth-order valence-electron chi connectivity index (χ4n) is 2.23. The van der Waals surface area contributed by atoms with Gasteiger partial charge in [-0.15, -0.1) is 11.3 Å². The van der Waals surface area contributed by atoms with Gasteiger partial charge < -0.3 is 10.1 Å². The topological polar surface area (TPSA) is 21.3 Å². The summed E-state index contributed by atoms with van der Waals surface area (Å²) in [4.78, 5) is 1.29. The van der Waals surface area contributed by atoms with E-state index in [0.717, 1.165) is 18.5 Å². The summed E-state index contributed by atoms with van der Waals surface area (Å²) in [5.74, 6) is 0.231. The largest absolute Gasteiger partial charge is 0.434 e. The number of ether oxygens (including phenoxy) is 1. The Morgan fingerprint density at radius 2 is 2.00 bits per heavy atom. The van der Waals surface area contributed by atoms with Gasteiger partial charge in [0, 0.05) is 23.0 Å². The number of hydrogen-bond acceptors (Lipinski definition) is 3. The SMILES string of the molecule is CCc1ccsc1CNC(C)c1ccccc1OC(F)F. The van der Waals surface area contributed by atoms with E-state index in [9.17, 15) is 8.78 Å². The van der Waals surface area contributed by atoms with Crippen molar-refractivity contribution in [3.05, 3.63) is 51.7 Å². The van der Waals surface area contributed by atoms with Crippen molar-refractivity contribution >= 4 is 11.3 Å². The Morgan fingerprint density at radius 1 is 1.24 bits per heavy atom. The summed E-state index contributed by atoms with van der Waals surface area (Å²) < 4.78 is 29.4. The van der Waals surface area contributed by atoms with Crippen molar-refractivity contribution in [1.82, 2.24) is 5.32 Å². The van der Waals surface area contributed by atoms with Crippen molar-refractivity contribution in [2.45, 2.75) is 39.5 Å². The van der Waals surface area contributed by atoms with Crippen molar-refractivity contribution < 1.29 is 13.5 Å². The third-order valence-corrected chi connectivity index (χ3v) is 4.35. The van der Waals surface area contributed by atoms with Crippen LogP contribution in [0, 0.1) is 0 Å². The average molecular weight is 311 g/mol. The lowest BCUT2D eigenvalue weighted by molar-refractivity contribution is -0.0506. The summed E-state index contributed by atoms with van der Waals surface area (Å²) in [5.41, 5.74) is 2.07. The van der Waals surface area contributed by atoms with Gasteiger partial charge in [-0.3, -0.25) is 0 Å². The minimum atomic E-state index is -2.80. The molecular formula is C16H19F2NOS. The number of hydrogen-bond donors (Lipinski definition) is 1. The first-order valence-electron chi connectivity index (χ1n) is 6.94. The molecule has 0 saturated carbocycles. The second-order valence-corrected chi connectivity index (χ2v) is 5.74. The Kier molecular flexibility index (Phi) is 5.70. The van der Waals surface area contributed by atoms with Gasteiger partial charge in [-0.25, -0.2) is 0 Å². The zero-order chi connectivity index (χ0) is 15.2. The highest BCUT2D eigenvalue weighted by atomic mass is 32.1. The molecule has 0 amide bonds. The highest BCUT2D eigenvalue weighted by molar-refractivity contribution is 7.10. The maximum Gasteiger partial charge on any atom is 0.387 e. The minimum Gasteiger partial charge on any atom is -0.434 e. The van der Waals surface area contributed by atoms with Crippen molar-refractivity contribution in [2.24, 2.45) is 0 Å². The molecule has 0 aliphatic rings. The number of para-hydroxylation sites is 1. The van der Waals surface area contributed by atoms with E-state index in [2.05, 4.69) is 28.4 Å². The molecule has 5 heteroatoms. The molecule has 0 aliphatic carbocycles. The van der Waals surface area contributed by atoms with Crippen LogP contribution in [-0.2, 0) is 13.0 Å². The van der Waals surface area contributed by atoms with Crippen LogP contribution >= 0.6 is 11.3 Å². The Balaban J connectivity index is 2.05. The van der Waals surface area contributed by atoms with Gasteiger partial charge in [0.1, 0.15) is 5.75 Å². The van der Waals surface area contributed by atoms with Crippen molar-refractivity contribution in [3.63, 3.8) is 0 Å². The van der Waals surface area contributed by atoms with Gasteiger partial charge in [-0.1, -0.05) is 25.1 Å². The molecular weight excluding hydrogens is 292 g/mol. The normalized spacial score (nSPS) is 12.6. The fraction of sp³-hybridized carbons (Fsp3) is 0.375. The summed E-state index contributed by atoms with van der Waals surface area (Å²) in [7, 11) is 0. The van der Waals surface area contributed by atoms with Crippen LogP contribution in [0.5, 0.6) is 5.75 Å². The first-order chi connectivity index (χ1) is 10.1. The smallest absolute Gasteiger partial charge is 0.387 e. The van der Waals surface area contributed by atoms with E-state index in [1.165, 1.54) is 10.4 Å². The van der Waals surface area contributed by atoms with Gasteiger partial charge in [0.15, 0.2) is 0 Å². The molecule has 1 atom stereocenters. The maximum atomic E-state index is 12.4. The van der Waals surface area contributed by atoms with Gasteiger partial charge in [-0.2, -0.15) is 8.78 Å². The van der Waals surface area contributed by atoms with E-state index in [1.54, 1.807) is 23.5 Å². The van der Waals surface area contributed by atoms with E-state index >= 15 is 0 Å². The molecule has 0 fully saturated rings. The summed E-state index contributed by atoms with van der Waals surface area (Å²) >= 11 is 1.71. The van der Waals surface area contributed by atoms with Crippen LogP contribution in [0.2, 0.25) is 0 Å². The van der Waals surface area contributed by atoms with Gasteiger partial charge in [-0.05, 0) is 36.4 Å². The molecule has 21 heavy (non-hydrogen) atoms. The summed E-state index contributed by atoms with van der Waals surface area (Å²) in [6, 6.07) is 8.97. The third kappa shape index (κ3) is 4.25. The van der Waals surface area contributed by atoms with Crippen molar-refractivity contribution in [3.8, 4) is 5.75 Å². The van der Waals surface area contributed by atoms with Gasteiger partial charge in [0.05, 0.1) is 0 Å². The number of thiophene rings is 1. The summed E-state index contributed by atoms with van der Waals surface area (Å²) in [6.45, 7) is 2.00. The van der Waals surface area contributed by atoms with Crippen LogP contribution in [0.4, 0.5) is 8.78 Å². The van der Waals surface area contributed by atoms with Crippen LogP contribution in [0.25, 0.3) is 0 Å². The van der Waals surface area contributed by atoms with Gasteiger partial charge in [0.2, 0.25) is 0 Å². The lowest BCUT2D eigenvalue weighted by atomic mass is 10.1. The lowest BCUT2D eigenvalue weighted by Crippen LogP contribution is -2.19. The lowest BCUT2D eigenvalue weighted by Gasteiger charge is -2.18. The zero-order valence-electron chi connectivity index (χ0n) is 12.1. The molecule has 0 saturated heterocycles. The highest BCUT2D eigenvalue weighted by Crippen LogP contribution is 2.27. The fourth-order valence-corrected chi connectivity index (χ4v) is 3.16. The predicted molar refractivity (Wildman–Crippen MR) is 82.0 cm³/mol. The standard InChI is InChI=1S/C16H19F2NOS/c1-3-12-8-9-21-15(12)10-19-11(2)13-6-4-5-7-14(13)20-16(17)18/h4-9,11,16,19H,3,10H2,1-2H3. The monoisotopic (exact) mass is 311 g/mol. The van der Waals surface area contributed by atoms with E-state index in [1.807, 2.05) is 19.1 Å². The van der Waals surface area contributed by atoms with E-state index < -0.39 is 6.61 Å². The van der Waals surface area contributed by atoms with Crippen LogP contribution in [0.1, 0.15) is 35.9 Å². The molecule has 1 aromatic heterocycles. The number of alkyl halides is 2. The molecule has 2 aromatic rings. The first kappa shape index (κ1) is 15.9. The number of halogens is 2. The van der Waals surface area contributed by atoms with Gasteiger partial charge >= 0.3 is 6.61 Å². The molecule has 1 heterocycles. The highest BCUT2D eigenvalue weighted by Gasteiger charge is 2.14. The van der Waals surface area contributed by atoms with Crippen molar-refractivity contribution in [1.29, 1.82) is 0 Å². The van der Waals surface area contributed by atoms with Crippen LogP contribution in [0.15, 0.2) is 35.7 Å². The molecule has 0 spiro atoms. The third-order valence-electron chi connectivity index (χ3n) is 3.39. The minimum absolute atomic E-state index is 0.0632. The van der Waals surface area contributed by atoms with E-state index in [4.69, 9.17) is 0 Å². The van der Waals surface area contributed by atoms with Crippen LogP contribution in [-0.4, -0.2) is 6.61 Å². The summed E-state index contributed by atoms with van der Waals surface area (Å²) in [6.07, 6.45) is 1.000. The molecule has 1 N–H and O–H groups in total. The molecule has 0 radical (unpaired) electrons. The Bertz CT molecular complexity index is 571. The quantitative estimate of drug-likeness (QED) is 0.796. The van der Waals surface area contributed by atoms with Crippen LogP contribution < -0.4 is 10.1 Å². The molecule has 0 aliphatic heterocycles. The van der Waals surface area contributed by atoms with Crippen molar-refractivity contribution in [2.75, 3.05) is 0 Å². The van der Waals surface area contributed by atoms with Gasteiger partial charge in [0.25, 0.3) is 0 Å². The second-order valence-electron chi connectivity index (χ2n) is 4.74. The molecule has 2 rings (SSSR count). The Morgan fingerprint density at radius 3 is 2.71 bits per heavy atom. The summed E-state index contributed by atoms with van der Waals surface area (Å²) in [5, 5.41) is 5.45. The number of benzene rings is 1. The van der Waals surface area contributed by atoms with E-state index in [-0.39, 0.29) is 11.8 Å². The maximum absolute atomic E-state index is 12.4. The Hall–Kier alpha value is -1.46. The zero-order valence-corrected chi connectivity index (χ0v) is 12.9. The molecule has 1 unspecified atom stereocenters.